The molecule has 0 N–H and O–H groups in total. The molecule has 6 heteroatoms. The zero-order chi connectivity index (χ0) is 21.8. The highest BCUT2D eigenvalue weighted by molar-refractivity contribution is 5.90. The lowest BCUT2D eigenvalue weighted by atomic mass is 9.71. The van der Waals surface area contributed by atoms with Crippen LogP contribution in [-0.2, 0) is 19.2 Å². The van der Waals surface area contributed by atoms with Gasteiger partial charge in [-0.25, -0.2) is 0 Å². The maximum atomic E-state index is 12.0. The minimum absolute atomic E-state index is 0.0790. The van der Waals surface area contributed by atoms with Crippen LogP contribution >= 0.6 is 0 Å². The van der Waals surface area contributed by atoms with Gasteiger partial charge >= 0.3 is 0 Å². The molecule has 2 rings (SSSR count). The van der Waals surface area contributed by atoms with Gasteiger partial charge in [0.05, 0.1) is 0 Å². The topological polar surface area (TPSA) is 74.8 Å². The first-order chi connectivity index (χ1) is 13.9. The van der Waals surface area contributed by atoms with Crippen LogP contribution in [0.5, 0.6) is 0 Å². The Morgan fingerprint density at radius 1 is 0.828 bits per heavy atom. The van der Waals surface area contributed by atoms with E-state index in [1.54, 1.807) is 4.90 Å². The minimum atomic E-state index is -0.0790. The minimum Gasteiger partial charge on any atom is -0.343 e. The van der Waals surface area contributed by atoms with Crippen LogP contribution in [0.25, 0.3) is 0 Å². The Bertz CT molecular complexity index is 559. The van der Waals surface area contributed by atoms with E-state index in [2.05, 4.69) is 0 Å². The molecular formula is C23H38N2O4. The molecule has 2 fully saturated rings. The van der Waals surface area contributed by atoms with Crippen LogP contribution in [0.4, 0.5) is 0 Å². The molecule has 0 bridgehead atoms. The van der Waals surface area contributed by atoms with E-state index in [1.165, 1.54) is 44.8 Å². The second-order valence-corrected chi connectivity index (χ2v) is 8.18. The predicted octanol–water partition coefficient (Wildman–Crippen LogP) is 3.39. The Hall–Kier alpha value is -1.98. The first-order valence-corrected chi connectivity index (χ1v) is 10.9. The fourth-order valence-corrected chi connectivity index (χ4v) is 4.79. The van der Waals surface area contributed by atoms with Crippen molar-refractivity contribution in [3.63, 3.8) is 0 Å². The average Bonchev–Trinajstić information content (AvgIpc) is 2.76. The van der Waals surface area contributed by atoms with Gasteiger partial charge in [0.15, 0.2) is 0 Å². The highest BCUT2D eigenvalue weighted by Crippen LogP contribution is 2.40. The zero-order valence-electron chi connectivity index (χ0n) is 18.5. The Labute approximate surface area is 175 Å². The van der Waals surface area contributed by atoms with Crippen molar-refractivity contribution in [2.75, 3.05) is 14.1 Å². The monoisotopic (exact) mass is 406 g/mol. The number of hydrogen-bond acceptors (Lipinski definition) is 4. The normalized spacial score (nSPS) is 26.8. The van der Waals surface area contributed by atoms with Crippen LogP contribution in [0.15, 0.2) is 12.2 Å². The Morgan fingerprint density at radius 3 is 1.62 bits per heavy atom. The summed E-state index contributed by atoms with van der Waals surface area (Å²) in [5.74, 6) is 1.71. The second kappa shape index (κ2) is 13.3. The SMILES string of the molecule is CC=O.CCC(=O)N(C)C1CCC(C2CCC(N(C)C(=O)/C=C\C=O)CC2)CC1. The average molecular weight is 407 g/mol. The van der Waals surface area contributed by atoms with Gasteiger partial charge in [0.25, 0.3) is 0 Å². The summed E-state index contributed by atoms with van der Waals surface area (Å²) >= 11 is 0. The van der Waals surface area contributed by atoms with Crippen LogP contribution < -0.4 is 0 Å². The molecule has 0 aliphatic heterocycles. The predicted molar refractivity (Wildman–Crippen MR) is 114 cm³/mol. The summed E-state index contributed by atoms with van der Waals surface area (Å²) in [4.78, 5) is 46.8. The third-order valence-electron chi connectivity index (χ3n) is 6.61. The van der Waals surface area contributed by atoms with E-state index in [1.807, 2.05) is 25.9 Å². The molecule has 164 valence electrons. The quantitative estimate of drug-likeness (QED) is 0.500. The number of carbonyl (C=O) groups is 4. The summed E-state index contributed by atoms with van der Waals surface area (Å²) in [6.07, 6.45) is 13.8. The largest absolute Gasteiger partial charge is 0.343 e. The van der Waals surface area contributed by atoms with Crippen molar-refractivity contribution in [2.45, 2.75) is 83.7 Å². The van der Waals surface area contributed by atoms with Crippen molar-refractivity contribution in [2.24, 2.45) is 11.8 Å². The van der Waals surface area contributed by atoms with E-state index >= 15 is 0 Å². The number of likely N-dealkylation sites (N-methyl/N-ethyl adjacent to an activating group) is 1. The number of carbonyl (C=O) groups excluding carboxylic acids is 4. The summed E-state index contributed by atoms with van der Waals surface area (Å²) in [6, 6.07) is 0.711. The van der Waals surface area contributed by atoms with Gasteiger partial charge in [-0.2, -0.15) is 0 Å². The van der Waals surface area contributed by atoms with Crippen LogP contribution in [0.1, 0.15) is 71.6 Å². The maximum Gasteiger partial charge on any atom is 0.246 e. The zero-order valence-corrected chi connectivity index (χ0v) is 18.5. The van der Waals surface area contributed by atoms with E-state index in [-0.39, 0.29) is 11.8 Å². The third kappa shape index (κ3) is 7.75. The van der Waals surface area contributed by atoms with Gasteiger partial charge in [0, 0.05) is 38.7 Å². The summed E-state index contributed by atoms with van der Waals surface area (Å²) < 4.78 is 0. The van der Waals surface area contributed by atoms with Crippen LogP contribution in [0.3, 0.4) is 0 Å². The van der Waals surface area contributed by atoms with Crippen molar-refractivity contribution in [1.29, 1.82) is 0 Å². The third-order valence-corrected chi connectivity index (χ3v) is 6.61. The highest BCUT2D eigenvalue weighted by Gasteiger charge is 2.33. The van der Waals surface area contributed by atoms with Gasteiger partial charge in [-0.3, -0.25) is 14.4 Å². The van der Waals surface area contributed by atoms with Crippen molar-refractivity contribution < 1.29 is 19.2 Å². The van der Waals surface area contributed by atoms with Crippen LogP contribution in [0, 0.1) is 11.8 Å². The summed E-state index contributed by atoms with van der Waals surface area (Å²) in [6.45, 7) is 3.37. The van der Waals surface area contributed by atoms with Crippen LogP contribution in [-0.4, -0.2) is 60.4 Å². The Kier molecular flexibility index (Phi) is 11.5. The van der Waals surface area contributed by atoms with Gasteiger partial charge in [-0.05, 0) is 76.2 Å². The molecule has 2 saturated carbocycles. The molecule has 2 amide bonds. The van der Waals surface area contributed by atoms with E-state index in [4.69, 9.17) is 4.79 Å². The highest BCUT2D eigenvalue weighted by atomic mass is 16.2. The van der Waals surface area contributed by atoms with Crippen molar-refractivity contribution >= 4 is 24.4 Å². The number of hydrogen-bond donors (Lipinski definition) is 0. The Morgan fingerprint density at radius 2 is 1.24 bits per heavy atom. The second-order valence-electron chi connectivity index (χ2n) is 8.18. The number of aldehydes is 2. The van der Waals surface area contributed by atoms with E-state index in [9.17, 15) is 14.4 Å². The summed E-state index contributed by atoms with van der Waals surface area (Å²) in [5.41, 5.74) is 0. The van der Waals surface area contributed by atoms with E-state index in [0.29, 0.717) is 24.8 Å². The number of allylic oxidation sites excluding steroid dienone is 1. The molecular weight excluding hydrogens is 368 g/mol. The molecule has 0 atom stereocenters. The summed E-state index contributed by atoms with van der Waals surface area (Å²) in [7, 11) is 3.79. The number of rotatable bonds is 6. The molecule has 0 aromatic rings. The lowest BCUT2D eigenvalue weighted by molar-refractivity contribution is -0.132. The molecule has 6 nitrogen and oxygen atoms in total. The molecule has 0 aromatic carbocycles. The van der Waals surface area contributed by atoms with Crippen molar-refractivity contribution in [3.8, 4) is 0 Å². The number of amides is 2. The van der Waals surface area contributed by atoms with Crippen molar-refractivity contribution in [3.05, 3.63) is 12.2 Å². The fourth-order valence-electron chi connectivity index (χ4n) is 4.79. The smallest absolute Gasteiger partial charge is 0.246 e. The van der Waals surface area contributed by atoms with E-state index in [0.717, 1.165) is 43.8 Å². The molecule has 0 saturated heterocycles. The molecule has 0 heterocycles. The standard InChI is InChI=1S/C21H34N2O3.C2H4O/c1-4-20(25)22(2)18-11-7-16(8-12-18)17-9-13-19(14-10-17)23(3)21(26)6-5-15-24;1-2-3/h5-6,15-19H,4,7-14H2,1-3H3;2H,1H3/b6-5-;. The molecule has 2 aliphatic rings. The van der Waals surface area contributed by atoms with Gasteiger partial charge in [0.1, 0.15) is 12.6 Å². The van der Waals surface area contributed by atoms with Gasteiger partial charge in [-0.15, -0.1) is 0 Å². The first-order valence-electron chi connectivity index (χ1n) is 10.9. The maximum absolute atomic E-state index is 12.0. The van der Waals surface area contributed by atoms with Gasteiger partial charge < -0.3 is 14.6 Å². The molecule has 2 aliphatic carbocycles. The first kappa shape index (κ1) is 25.1. The number of nitrogens with zero attached hydrogens (tertiary/aromatic N) is 2. The lowest BCUT2D eigenvalue weighted by Gasteiger charge is -2.41. The molecule has 0 aromatic heterocycles. The van der Waals surface area contributed by atoms with E-state index < -0.39 is 0 Å². The lowest BCUT2D eigenvalue weighted by Crippen LogP contribution is -2.42. The molecule has 0 spiro atoms. The van der Waals surface area contributed by atoms with Crippen molar-refractivity contribution in [1.82, 2.24) is 9.80 Å². The molecule has 0 radical (unpaired) electrons. The van der Waals surface area contributed by atoms with Gasteiger partial charge in [-0.1, -0.05) is 6.92 Å². The van der Waals surface area contributed by atoms with Crippen LogP contribution in [0.2, 0.25) is 0 Å². The fraction of sp³-hybridized carbons (Fsp3) is 0.739. The molecule has 29 heavy (non-hydrogen) atoms. The summed E-state index contributed by atoms with van der Waals surface area (Å²) in [5, 5.41) is 0. The molecule has 0 unspecified atom stereocenters. The van der Waals surface area contributed by atoms with Gasteiger partial charge in [0.2, 0.25) is 11.8 Å². The Balaban J connectivity index is 0.00000132.